The van der Waals surface area contributed by atoms with Crippen LogP contribution in [0.5, 0.6) is 5.75 Å². The van der Waals surface area contributed by atoms with Crippen molar-refractivity contribution in [3.8, 4) is 5.75 Å². The number of benzene rings is 1. The van der Waals surface area contributed by atoms with Gasteiger partial charge in [0.1, 0.15) is 11.8 Å². The first-order chi connectivity index (χ1) is 9.54. The van der Waals surface area contributed by atoms with Crippen LogP contribution in [0.4, 0.5) is 5.69 Å². The molecule has 0 saturated carbocycles. The zero-order valence-corrected chi connectivity index (χ0v) is 12.1. The number of halogens is 1. The number of carbonyl (C=O) groups excluding carboxylic acids is 2. The summed E-state index contributed by atoms with van der Waals surface area (Å²) in [6.45, 7) is 0.608. The molecule has 5 nitrogen and oxygen atoms in total. The number of hydrogen-bond acceptors (Lipinski definition) is 3. The van der Waals surface area contributed by atoms with Crippen LogP contribution in [-0.4, -0.2) is 43.5 Å². The number of nitrogens with zero attached hydrogens (tertiary/aromatic N) is 2. The second-order valence-corrected chi connectivity index (χ2v) is 5.47. The molecule has 2 amide bonds. The molecular formula is C14H15ClN2O3. The lowest BCUT2D eigenvalue weighted by molar-refractivity contribution is -0.121. The maximum absolute atomic E-state index is 12.7. The molecule has 0 aliphatic carbocycles. The van der Waals surface area contributed by atoms with E-state index in [4.69, 9.17) is 16.3 Å². The van der Waals surface area contributed by atoms with E-state index < -0.39 is 0 Å². The normalized spacial score (nSPS) is 21.6. The average Bonchev–Trinajstić information content (AvgIpc) is 2.90. The van der Waals surface area contributed by atoms with Crippen molar-refractivity contribution in [2.75, 3.05) is 25.6 Å². The summed E-state index contributed by atoms with van der Waals surface area (Å²) in [7, 11) is 3.18. The van der Waals surface area contributed by atoms with E-state index in [-0.39, 0.29) is 17.9 Å². The van der Waals surface area contributed by atoms with Crippen molar-refractivity contribution in [3.05, 3.63) is 22.7 Å². The predicted molar refractivity (Wildman–Crippen MR) is 75.5 cm³/mol. The van der Waals surface area contributed by atoms with Gasteiger partial charge >= 0.3 is 0 Å². The first-order valence-corrected chi connectivity index (χ1v) is 6.88. The van der Waals surface area contributed by atoms with Crippen molar-refractivity contribution in [1.82, 2.24) is 4.90 Å². The van der Waals surface area contributed by atoms with E-state index in [1.807, 2.05) is 0 Å². The number of rotatable bonds is 1. The Morgan fingerprint density at radius 2 is 2.10 bits per heavy atom. The molecule has 1 aromatic carbocycles. The minimum absolute atomic E-state index is 0.0818. The highest BCUT2D eigenvalue weighted by Gasteiger charge is 2.41. The van der Waals surface area contributed by atoms with Gasteiger partial charge in [-0.1, -0.05) is 11.6 Å². The smallest absolute Gasteiger partial charge is 0.256 e. The number of anilines is 1. The molecule has 0 radical (unpaired) electrons. The summed E-state index contributed by atoms with van der Waals surface area (Å²) in [5, 5.41) is 0.352. The Balaban J connectivity index is 2.22. The third kappa shape index (κ3) is 1.77. The summed E-state index contributed by atoms with van der Waals surface area (Å²) in [6, 6.07) is 2.89. The maximum Gasteiger partial charge on any atom is 0.256 e. The van der Waals surface area contributed by atoms with Crippen LogP contribution in [0.25, 0.3) is 0 Å². The average molecular weight is 295 g/mol. The van der Waals surface area contributed by atoms with Gasteiger partial charge in [-0.15, -0.1) is 0 Å². The van der Waals surface area contributed by atoms with Gasteiger partial charge in [0.2, 0.25) is 5.91 Å². The van der Waals surface area contributed by atoms with Crippen LogP contribution in [0.15, 0.2) is 12.1 Å². The largest absolute Gasteiger partial charge is 0.497 e. The third-order valence-corrected chi connectivity index (χ3v) is 4.26. The standard InChI is InChI=1S/C14H15ClN2O3/c1-16-12-9(6-8(20-2)7-10(12)15)13(18)17-5-3-4-11(17)14(16)19/h6-7,11H,3-5H2,1-2H3. The molecule has 6 heteroatoms. The molecule has 1 saturated heterocycles. The van der Waals surface area contributed by atoms with Crippen LogP contribution < -0.4 is 9.64 Å². The number of ether oxygens (including phenoxy) is 1. The highest BCUT2D eigenvalue weighted by atomic mass is 35.5. The van der Waals surface area contributed by atoms with Crippen LogP contribution in [0, 0.1) is 0 Å². The van der Waals surface area contributed by atoms with Gasteiger partial charge in [-0.05, 0) is 18.9 Å². The van der Waals surface area contributed by atoms with Crippen LogP contribution in [-0.2, 0) is 4.79 Å². The van der Waals surface area contributed by atoms with Gasteiger partial charge in [0, 0.05) is 19.7 Å². The lowest BCUT2D eigenvalue weighted by Gasteiger charge is -2.22. The first kappa shape index (κ1) is 13.2. The molecule has 3 rings (SSSR count). The summed E-state index contributed by atoms with van der Waals surface area (Å²) in [5.74, 6) is 0.281. The number of amides is 2. The molecule has 0 N–H and O–H groups in total. The Kier molecular flexibility index (Phi) is 3.09. The molecule has 2 heterocycles. The zero-order chi connectivity index (χ0) is 14.4. The lowest BCUT2D eigenvalue weighted by Crippen LogP contribution is -2.43. The predicted octanol–water partition coefficient (Wildman–Crippen LogP) is 1.93. The Bertz CT molecular complexity index is 602. The lowest BCUT2D eigenvalue weighted by atomic mass is 10.1. The van der Waals surface area contributed by atoms with Crippen molar-refractivity contribution in [2.24, 2.45) is 0 Å². The fraction of sp³-hybridized carbons (Fsp3) is 0.429. The third-order valence-electron chi connectivity index (χ3n) is 3.97. The van der Waals surface area contributed by atoms with Gasteiger partial charge in [-0.3, -0.25) is 9.59 Å². The Morgan fingerprint density at radius 1 is 1.35 bits per heavy atom. The van der Waals surface area contributed by atoms with E-state index in [2.05, 4.69) is 0 Å². The SMILES string of the molecule is COc1cc(Cl)c2c(c1)C(=O)N1CCCC1C(=O)N2C. The second-order valence-electron chi connectivity index (χ2n) is 5.06. The van der Waals surface area contributed by atoms with Crippen molar-refractivity contribution >= 4 is 29.1 Å². The topological polar surface area (TPSA) is 49.9 Å². The number of fused-ring (bicyclic) bond motifs is 2. The Morgan fingerprint density at radius 3 is 2.80 bits per heavy atom. The van der Waals surface area contributed by atoms with Gasteiger partial charge in [-0.25, -0.2) is 0 Å². The summed E-state index contributed by atoms with van der Waals surface area (Å²) >= 11 is 6.24. The van der Waals surface area contributed by atoms with Crippen molar-refractivity contribution in [3.63, 3.8) is 0 Å². The van der Waals surface area contributed by atoms with Crippen LogP contribution in [0.1, 0.15) is 23.2 Å². The molecule has 20 heavy (non-hydrogen) atoms. The van der Waals surface area contributed by atoms with Crippen LogP contribution in [0.3, 0.4) is 0 Å². The number of likely N-dealkylation sites (N-methyl/N-ethyl adjacent to an activating group) is 1. The van der Waals surface area contributed by atoms with E-state index in [0.29, 0.717) is 35.0 Å². The van der Waals surface area contributed by atoms with E-state index in [9.17, 15) is 9.59 Å². The van der Waals surface area contributed by atoms with Crippen molar-refractivity contribution in [1.29, 1.82) is 0 Å². The zero-order valence-electron chi connectivity index (χ0n) is 11.4. The fourth-order valence-corrected chi connectivity index (χ4v) is 3.29. The number of carbonyl (C=O) groups is 2. The van der Waals surface area contributed by atoms with E-state index >= 15 is 0 Å². The molecule has 0 bridgehead atoms. The summed E-state index contributed by atoms with van der Waals surface area (Å²) in [6.07, 6.45) is 1.56. The van der Waals surface area contributed by atoms with Crippen LogP contribution in [0.2, 0.25) is 5.02 Å². The Labute approximate surface area is 122 Å². The summed E-state index contributed by atoms with van der Waals surface area (Å²) in [4.78, 5) is 28.3. The molecular weight excluding hydrogens is 280 g/mol. The van der Waals surface area contributed by atoms with E-state index in [1.54, 1.807) is 24.1 Å². The number of hydrogen-bond donors (Lipinski definition) is 0. The van der Waals surface area contributed by atoms with Crippen molar-refractivity contribution in [2.45, 2.75) is 18.9 Å². The van der Waals surface area contributed by atoms with Gasteiger partial charge in [0.25, 0.3) is 5.91 Å². The van der Waals surface area contributed by atoms with E-state index in [0.717, 1.165) is 6.42 Å². The summed E-state index contributed by atoms with van der Waals surface area (Å²) < 4.78 is 5.17. The minimum Gasteiger partial charge on any atom is -0.497 e. The summed E-state index contributed by atoms with van der Waals surface area (Å²) in [5.41, 5.74) is 0.895. The molecule has 1 unspecified atom stereocenters. The molecule has 1 atom stereocenters. The van der Waals surface area contributed by atoms with Gasteiger partial charge in [-0.2, -0.15) is 0 Å². The number of methoxy groups -OCH3 is 1. The van der Waals surface area contributed by atoms with Gasteiger partial charge in [0.15, 0.2) is 0 Å². The minimum atomic E-state index is -0.373. The Hall–Kier alpha value is -1.75. The molecule has 0 spiro atoms. The van der Waals surface area contributed by atoms with Crippen molar-refractivity contribution < 1.29 is 14.3 Å². The molecule has 1 fully saturated rings. The second kappa shape index (κ2) is 4.66. The molecule has 2 aliphatic heterocycles. The fourth-order valence-electron chi connectivity index (χ4n) is 2.95. The molecule has 106 valence electrons. The van der Waals surface area contributed by atoms with Gasteiger partial charge < -0.3 is 14.5 Å². The van der Waals surface area contributed by atoms with Crippen LogP contribution >= 0.6 is 11.6 Å². The molecule has 1 aromatic rings. The highest BCUT2D eigenvalue weighted by Crippen LogP contribution is 2.38. The molecule has 0 aromatic heterocycles. The van der Waals surface area contributed by atoms with E-state index in [1.165, 1.54) is 12.0 Å². The molecule has 2 aliphatic rings. The van der Waals surface area contributed by atoms with Gasteiger partial charge in [0.05, 0.1) is 23.4 Å². The quantitative estimate of drug-likeness (QED) is 0.795. The first-order valence-electron chi connectivity index (χ1n) is 6.50. The maximum atomic E-state index is 12.7. The highest BCUT2D eigenvalue weighted by molar-refractivity contribution is 6.35. The monoisotopic (exact) mass is 294 g/mol.